The van der Waals surface area contributed by atoms with Crippen molar-refractivity contribution in [1.29, 1.82) is 0 Å². The van der Waals surface area contributed by atoms with Crippen LogP contribution in [-0.4, -0.2) is 14.5 Å². The van der Waals surface area contributed by atoms with Gasteiger partial charge in [0.2, 0.25) is 0 Å². The molecule has 0 fully saturated rings. The van der Waals surface area contributed by atoms with Gasteiger partial charge in [-0.25, -0.2) is 4.98 Å². The standard InChI is InChI=1S/C54H36N4/c1-4-17-37(18-5-1)41-32-42(39-21-16-22-40(31-39)49-36-55-35-48(56-49)38-19-6-2-7-20-38)34-44(33-41)57-50-28-13-10-25-45(50)53-46-26-11-14-29-51(46)58(43-23-8-3-9-24-43)54(53)47-27-12-15-30-52(47)57/h1-36H. The zero-order valence-corrected chi connectivity index (χ0v) is 31.6. The first-order valence-electron chi connectivity index (χ1n) is 19.7. The minimum absolute atomic E-state index is 0.835. The number of para-hydroxylation sites is 4. The highest BCUT2D eigenvalue weighted by Gasteiger charge is 2.31. The second-order valence-corrected chi connectivity index (χ2v) is 14.7. The van der Waals surface area contributed by atoms with Crippen LogP contribution in [0.5, 0.6) is 0 Å². The average molecular weight is 741 g/mol. The molecule has 3 heterocycles. The molecular weight excluding hydrogens is 705 g/mol. The lowest BCUT2D eigenvalue weighted by atomic mass is 9.95. The summed E-state index contributed by atoms with van der Waals surface area (Å²) in [6.45, 7) is 0. The molecule has 4 nitrogen and oxygen atoms in total. The van der Waals surface area contributed by atoms with E-state index in [1.165, 1.54) is 33.3 Å². The molecule has 1 aliphatic heterocycles. The van der Waals surface area contributed by atoms with Crippen LogP contribution in [0.25, 0.3) is 83.7 Å². The third-order valence-electron chi connectivity index (χ3n) is 11.2. The topological polar surface area (TPSA) is 34.0 Å². The first kappa shape index (κ1) is 33.5. The number of hydrogen-bond donors (Lipinski definition) is 0. The molecule has 272 valence electrons. The molecular formula is C54H36N4. The van der Waals surface area contributed by atoms with Gasteiger partial charge in [-0.3, -0.25) is 4.98 Å². The van der Waals surface area contributed by atoms with E-state index in [1.807, 2.05) is 30.6 Å². The Kier molecular flexibility index (Phi) is 8.11. The lowest BCUT2D eigenvalue weighted by Gasteiger charge is -2.28. The summed E-state index contributed by atoms with van der Waals surface area (Å²) in [4.78, 5) is 12.1. The molecule has 10 aromatic rings. The third-order valence-corrected chi connectivity index (χ3v) is 11.2. The van der Waals surface area contributed by atoms with Gasteiger partial charge < -0.3 is 9.47 Å². The largest absolute Gasteiger partial charge is 0.309 e. The first-order valence-corrected chi connectivity index (χ1v) is 19.7. The Morgan fingerprint density at radius 1 is 0.362 bits per heavy atom. The zero-order chi connectivity index (χ0) is 38.4. The van der Waals surface area contributed by atoms with Gasteiger partial charge in [0.05, 0.1) is 46.4 Å². The van der Waals surface area contributed by atoms with E-state index < -0.39 is 0 Å². The average Bonchev–Trinajstić information content (AvgIpc) is 3.59. The number of hydrogen-bond acceptors (Lipinski definition) is 3. The molecule has 11 rings (SSSR count). The number of benzene rings is 8. The SMILES string of the molecule is c1ccc(-c2cc(-c3cccc(-c4cncc(-c5ccccc5)n4)c3)cc(N3c4ccccc4-c4c(n(-c5ccccc5)c5ccccc45)-c4ccccc43)c2)cc1. The molecule has 58 heavy (non-hydrogen) atoms. The van der Waals surface area contributed by atoms with Crippen molar-refractivity contribution in [2.45, 2.75) is 0 Å². The Balaban J connectivity index is 1.14. The van der Waals surface area contributed by atoms with Crippen LogP contribution in [-0.2, 0) is 0 Å². The second-order valence-electron chi connectivity index (χ2n) is 14.7. The van der Waals surface area contributed by atoms with E-state index in [0.29, 0.717) is 0 Å². The predicted octanol–water partition coefficient (Wildman–Crippen LogP) is 14.2. The van der Waals surface area contributed by atoms with Crippen molar-refractivity contribution in [3.05, 3.63) is 219 Å². The van der Waals surface area contributed by atoms with Gasteiger partial charge in [0.25, 0.3) is 0 Å². The molecule has 0 saturated heterocycles. The van der Waals surface area contributed by atoms with Crippen LogP contribution in [0.3, 0.4) is 0 Å². The number of rotatable bonds is 6. The second kappa shape index (κ2) is 14.0. The lowest BCUT2D eigenvalue weighted by molar-refractivity contribution is 1.13. The predicted molar refractivity (Wildman–Crippen MR) is 240 cm³/mol. The molecule has 0 bridgehead atoms. The normalized spacial score (nSPS) is 11.8. The lowest BCUT2D eigenvalue weighted by Crippen LogP contribution is -2.11. The van der Waals surface area contributed by atoms with E-state index in [0.717, 1.165) is 67.5 Å². The fraction of sp³-hybridized carbons (Fsp3) is 0. The fourth-order valence-electron chi connectivity index (χ4n) is 8.59. The Labute approximate surface area is 337 Å². The molecule has 0 amide bonds. The Morgan fingerprint density at radius 3 is 1.66 bits per heavy atom. The summed E-state index contributed by atoms with van der Waals surface area (Å²) in [5, 5.41) is 1.22. The smallest absolute Gasteiger partial charge is 0.0892 e. The van der Waals surface area contributed by atoms with Gasteiger partial charge in [-0.05, 0) is 76.9 Å². The van der Waals surface area contributed by atoms with Crippen molar-refractivity contribution < 1.29 is 0 Å². The Morgan fingerprint density at radius 2 is 0.897 bits per heavy atom. The van der Waals surface area contributed by atoms with Crippen LogP contribution in [0.1, 0.15) is 0 Å². The molecule has 0 atom stereocenters. The van der Waals surface area contributed by atoms with Crippen LogP contribution in [0.15, 0.2) is 219 Å². The van der Waals surface area contributed by atoms with E-state index in [9.17, 15) is 0 Å². The summed E-state index contributed by atoms with van der Waals surface area (Å²) in [5.74, 6) is 0. The van der Waals surface area contributed by atoms with E-state index in [-0.39, 0.29) is 0 Å². The van der Waals surface area contributed by atoms with Gasteiger partial charge in [-0.1, -0.05) is 152 Å². The minimum Gasteiger partial charge on any atom is -0.309 e. The summed E-state index contributed by atoms with van der Waals surface area (Å²) < 4.78 is 2.44. The quantitative estimate of drug-likeness (QED) is 0.170. The maximum atomic E-state index is 5.06. The zero-order valence-electron chi connectivity index (χ0n) is 31.6. The number of anilines is 3. The van der Waals surface area contributed by atoms with E-state index in [2.05, 4.69) is 203 Å². The number of nitrogens with zero attached hydrogens (tertiary/aromatic N) is 4. The molecule has 2 aromatic heterocycles. The van der Waals surface area contributed by atoms with Gasteiger partial charge in [0, 0.05) is 44.6 Å². The van der Waals surface area contributed by atoms with Crippen molar-refractivity contribution in [2.24, 2.45) is 0 Å². The summed E-state index contributed by atoms with van der Waals surface area (Å²) in [5.41, 5.74) is 18.7. The van der Waals surface area contributed by atoms with Gasteiger partial charge in [0.15, 0.2) is 0 Å². The van der Waals surface area contributed by atoms with Crippen molar-refractivity contribution in [2.75, 3.05) is 4.90 Å². The summed E-state index contributed by atoms with van der Waals surface area (Å²) in [7, 11) is 0. The van der Waals surface area contributed by atoms with Gasteiger partial charge >= 0.3 is 0 Å². The van der Waals surface area contributed by atoms with E-state index in [1.54, 1.807) is 0 Å². The van der Waals surface area contributed by atoms with E-state index in [4.69, 9.17) is 4.98 Å². The molecule has 0 radical (unpaired) electrons. The fourth-order valence-corrected chi connectivity index (χ4v) is 8.59. The molecule has 0 spiro atoms. The van der Waals surface area contributed by atoms with E-state index >= 15 is 0 Å². The van der Waals surface area contributed by atoms with Crippen molar-refractivity contribution in [3.63, 3.8) is 0 Å². The summed E-state index contributed by atoms with van der Waals surface area (Å²) in [6, 6.07) is 73.9. The maximum Gasteiger partial charge on any atom is 0.0892 e. The Bertz CT molecular complexity index is 3110. The molecule has 0 saturated carbocycles. The Hall–Kier alpha value is -7.82. The van der Waals surface area contributed by atoms with Crippen LogP contribution < -0.4 is 4.90 Å². The van der Waals surface area contributed by atoms with Crippen molar-refractivity contribution in [1.82, 2.24) is 14.5 Å². The van der Waals surface area contributed by atoms with Crippen LogP contribution in [0, 0.1) is 0 Å². The molecule has 1 aliphatic rings. The highest BCUT2D eigenvalue weighted by molar-refractivity contribution is 6.13. The summed E-state index contributed by atoms with van der Waals surface area (Å²) >= 11 is 0. The van der Waals surface area contributed by atoms with Crippen molar-refractivity contribution >= 4 is 28.0 Å². The molecule has 8 aromatic carbocycles. The molecule has 0 aliphatic carbocycles. The van der Waals surface area contributed by atoms with Crippen LogP contribution in [0.4, 0.5) is 17.1 Å². The number of fused-ring (bicyclic) bond motifs is 7. The summed E-state index contributed by atoms with van der Waals surface area (Å²) in [6.07, 6.45) is 3.68. The number of aromatic nitrogens is 3. The van der Waals surface area contributed by atoms with Gasteiger partial charge in [-0.2, -0.15) is 0 Å². The minimum atomic E-state index is 0.835. The van der Waals surface area contributed by atoms with Crippen molar-refractivity contribution in [3.8, 4) is 72.8 Å². The maximum absolute atomic E-state index is 5.06. The first-order chi connectivity index (χ1) is 28.8. The molecule has 4 heteroatoms. The monoisotopic (exact) mass is 740 g/mol. The highest BCUT2D eigenvalue weighted by atomic mass is 15.2. The van der Waals surface area contributed by atoms with Crippen LogP contribution in [0.2, 0.25) is 0 Å². The molecule has 0 unspecified atom stereocenters. The third kappa shape index (κ3) is 5.70. The van der Waals surface area contributed by atoms with Crippen LogP contribution >= 0.6 is 0 Å². The van der Waals surface area contributed by atoms with Gasteiger partial charge in [-0.15, -0.1) is 0 Å². The highest BCUT2D eigenvalue weighted by Crippen LogP contribution is 2.55. The van der Waals surface area contributed by atoms with Gasteiger partial charge in [0.1, 0.15) is 0 Å². The molecule has 0 N–H and O–H groups in total.